The number of rotatable bonds is 21. The van der Waals surface area contributed by atoms with Gasteiger partial charge in [0.1, 0.15) is 18.1 Å². The minimum Gasteiger partial charge on any atom is -0.370 e. The van der Waals surface area contributed by atoms with E-state index in [1.165, 1.54) is 0 Å². The van der Waals surface area contributed by atoms with Crippen molar-refractivity contribution in [3.63, 3.8) is 0 Å². The Balaban J connectivity index is 1.52. The number of benzene rings is 4. The predicted octanol–water partition coefficient (Wildman–Crippen LogP) is 1.18. The lowest BCUT2D eigenvalue weighted by molar-refractivity contribution is -0.133. The molecule has 0 aromatic heterocycles. The van der Waals surface area contributed by atoms with E-state index in [0.717, 1.165) is 33.4 Å². The van der Waals surface area contributed by atoms with E-state index in [4.69, 9.17) is 34.4 Å². The van der Waals surface area contributed by atoms with Crippen molar-refractivity contribution in [2.24, 2.45) is 44.4 Å². The molecule has 4 atom stereocenters. The van der Waals surface area contributed by atoms with Gasteiger partial charge in [-0.25, -0.2) is 0 Å². The van der Waals surface area contributed by atoms with E-state index in [2.05, 4.69) is 25.9 Å². The molecule has 0 saturated heterocycles. The molecule has 4 aromatic rings. The smallest absolute Gasteiger partial charge is 0.243 e. The minimum absolute atomic E-state index is 0.0548. The molecule has 0 unspecified atom stereocenters. The van der Waals surface area contributed by atoms with Crippen molar-refractivity contribution in [3.05, 3.63) is 120 Å². The molecule has 0 bridgehead atoms. The third-order valence-electron chi connectivity index (χ3n) is 9.17. The van der Waals surface area contributed by atoms with Crippen LogP contribution in [-0.4, -0.2) is 72.8 Å². The number of hydrogen-bond donors (Lipinski definition) is 9. The fourth-order valence-electron chi connectivity index (χ4n) is 6.10. The molecule has 0 spiro atoms. The summed E-state index contributed by atoms with van der Waals surface area (Å²) in [6.07, 6.45) is 1.22. The summed E-state index contributed by atoms with van der Waals surface area (Å²) in [5, 5.41) is 8.26. The molecule has 0 aliphatic carbocycles. The first kappa shape index (κ1) is 43.0. The zero-order valence-corrected chi connectivity index (χ0v) is 31.9. The van der Waals surface area contributed by atoms with Gasteiger partial charge in [-0.05, 0) is 65.5 Å². The van der Waals surface area contributed by atoms with E-state index in [9.17, 15) is 19.2 Å². The fourth-order valence-corrected chi connectivity index (χ4v) is 6.10. The molecule has 300 valence electrons. The fraction of sp³-hybridized carbons (Fsp3) is 0.286. The second kappa shape index (κ2) is 22.0. The number of carbonyl (C=O) groups is 4. The molecule has 4 rings (SSSR count). The Kier molecular flexibility index (Phi) is 16.6. The molecule has 0 saturated carbocycles. The van der Waals surface area contributed by atoms with Crippen molar-refractivity contribution < 1.29 is 19.2 Å². The highest BCUT2D eigenvalue weighted by molar-refractivity contribution is 5.94. The molecule has 0 fully saturated rings. The van der Waals surface area contributed by atoms with Crippen LogP contribution in [0.5, 0.6) is 0 Å². The highest BCUT2D eigenvalue weighted by atomic mass is 16.2. The van der Waals surface area contributed by atoms with E-state index in [0.29, 0.717) is 12.8 Å². The number of hydrogen-bond acceptors (Lipinski definition) is 7. The summed E-state index contributed by atoms with van der Waals surface area (Å²) < 4.78 is 0. The summed E-state index contributed by atoms with van der Waals surface area (Å²) in [6, 6.07) is 30.6. The Morgan fingerprint density at radius 2 is 0.860 bits per heavy atom. The Hall–Kier alpha value is -6.74. The number of guanidine groups is 2. The van der Waals surface area contributed by atoms with Crippen LogP contribution < -0.4 is 50.4 Å². The van der Waals surface area contributed by atoms with Crippen LogP contribution in [-0.2, 0) is 32.0 Å². The summed E-state index contributed by atoms with van der Waals surface area (Å²) in [6.45, 7) is 0.415. The molecule has 4 aromatic carbocycles. The zero-order valence-electron chi connectivity index (χ0n) is 31.9. The molecule has 0 radical (unpaired) electrons. The molecule has 0 aliphatic rings. The molecule has 0 aliphatic heterocycles. The molecular weight excluding hydrogens is 723 g/mol. The van der Waals surface area contributed by atoms with Gasteiger partial charge in [0.15, 0.2) is 11.9 Å². The molecule has 15 nitrogen and oxygen atoms in total. The third-order valence-corrected chi connectivity index (χ3v) is 9.17. The first-order valence-corrected chi connectivity index (χ1v) is 18.7. The zero-order chi connectivity index (χ0) is 41.2. The number of aliphatic imine (C=N–C) groups is 2. The van der Waals surface area contributed by atoms with Crippen LogP contribution in [0.4, 0.5) is 0 Å². The lowest BCUT2D eigenvalue weighted by Crippen LogP contribution is -2.58. The summed E-state index contributed by atoms with van der Waals surface area (Å²) in [5.74, 6) is -2.83. The number of amides is 4. The van der Waals surface area contributed by atoms with Crippen LogP contribution in [0.25, 0.3) is 22.3 Å². The van der Waals surface area contributed by atoms with Gasteiger partial charge in [0.2, 0.25) is 23.6 Å². The van der Waals surface area contributed by atoms with Crippen LogP contribution in [0.15, 0.2) is 119 Å². The van der Waals surface area contributed by atoms with Gasteiger partial charge in [-0.15, -0.1) is 0 Å². The van der Waals surface area contributed by atoms with E-state index in [1.807, 2.05) is 109 Å². The predicted molar refractivity (Wildman–Crippen MR) is 224 cm³/mol. The maximum absolute atomic E-state index is 14.0. The van der Waals surface area contributed by atoms with Crippen LogP contribution in [0.2, 0.25) is 0 Å². The number of nitrogens with two attached hydrogens (primary N) is 6. The van der Waals surface area contributed by atoms with Gasteiger partial charge in [0.25, 0.3) is 0 Å². The number of nitrogens with zero attached hydrogens (tertiary/aromatic N) is 2. The average molecular weight is 776 g/mol. The summed E-state index contributed by atoms with van der Waals surface area (Å²) in [5.41, 5.74) is 39.5. The van der Waals surface area contributed by atoms with Gasteiger partial charge in [0.05, 0.1) is 6.04 Å². The maximum Gasteiger partial charge on any atom is 0.243 e. The van der Waals surface area contributed by atoms with Crippen molar-refractivity contribution in [1.82, 2.24) is 16.0 Å². The van der Waals surface area contributed by atoms with Crippen LogP contribution >= 0.6 is 0 Å². The second-order valence-electron chi connectivity index (χ2n) is 13.6. The Bertz CT molecular complexity index is 1960. The van der Waals surface area contributed by atoms with Crippen LogP contribution in [0.3, 0.4) is 0 Å². The summed E-state index contributed by atoms with van der Waals surface area (Å²) >= 11 is 0. The quantitative estimate of drug-likeness (QED) is 0.0333. The summed E-state index contributed by atoms with van der Waals surface area (Å²) in [4.78, 5) is 61.7. The van der Waals surface area contributed by atoms with Crippen LogP contribution in [0.1, 0.15) is 36.8 Å². The van der Waals surface area contributed by atoms with E-state index >= 15 is 0 Å². The van der Waals surface area contributed by atoms with Crippen molar-refractivity contribution in [2.45, 2.75) is 62.7 Å². The molecule has 0 heterocycles. The number of carbonyl (C=O) groups excluding carboxylic acids is 4. The molecule has 15 N–H and O–H groups in total. The van der Waals surface area contributed by atoms with Crippen molar-refractivity contribution >= 4 is 35.5 Å². The molecule has 57 heavy (non-hydrogen) atoms. The van der Waals surface area contributed by atoms with E-state index < -0.39 is 47.8 Å². The normalized spacial score (nSPS) is 12.9. The van der Waals surface area contributed by atoms with Crippen molar-refractivity contribution in [1.29, 1.82) is 0 Å². The molecule has 4 amide bonds. The molecule has 15 heteroatoms. The lowest BCUT2D eigenvalue weighted by Gasteiger charge is -2.25. The Labute approximate surface area is 332 Å². The number of nitrogens with one attached hydrogen (secondary N) is 3. The first-order chi connectivity index (χ1) is 27.4. The van der Waals surface area contributed by atoms with E-state index in [1.54, 1.807) is 0 Å². The number of primary amides is 1. The van der Waals surface area contributed by atoms with Crippen molar-refractivity contribution in [3.8, 4) is 22.3 Å². The highest BCUT2D eigenvalue weighted by Crippen LogP contribution is 2.21. The van der Waals surface area contributed by atoms with Crippen molar-refractivity contribution in [2.75, 3.05) is 13.1 Å². The van der Waals surface area contributed by atoms with E-state index in [-0.39, 0.29) is 50.7 Å². The first-order valence-electron chi connectivity index (χ1n) is 18.7. The summed E-state index contributed by atoms with van der Waals surface area (Å²) in [7, 11) is 0. The van der Waals surface area contributed by atoms with Gasteiger partial charge in [-0.1, -0.05) is 109 Å². The van der Waals surface area contributed by atoms with Gasteiger partial charge < -0.3 is 50.4 Å². The van der Waals surface area contributed by atoms with Gasteiger partial charge in [-0.3, -0.25) is 29.2 Å². The largest absolute Gasteiger partial charge is 0.370 e. The van der Waals surface area contributed by atoms with Gasteiger partial charge in [0, 0.05) is 19.5 Å². The molecular formula is C42H53N11O4. The topological polar surface area (TPSA) is 285 Å². The average Bonchev–Trinajstić information content (AvgIpc) is 3.20. The third kappa shape index (κ3) is 14.4. The lowest BCUT2D eigenvalue weighted by atomic mass is 9.99. The monoisotopic (exact) mass is 775 g/mol. The van der Waals surface area contributed by atoms with Crippen LogP contribution in [0, 0.1) is 0 Å². The standard InChI is InChI=1S/C42H53N11O4/c43-33(25-27-15-19-31(20-16-27)29-9-3-1-4-10-29)38(55)52-35(14-8-24-50-42(47)48)39(56)53-36(40(57)51-34(37(44)54)13-7-23-49-41(45)46)26-28-17-21-32(22-18-28)30-11-5-2-6-12-30/h1-6,9-12,15-22,33-36H,7-8,13-14,23-26,43H2,(H2,44,54)(H,51,57)(H,52,55)(H,53,56)(H4,45,46,49)(H4,47,48,50)/t33-,34-,35-,36-/m0/s1. The SMILES string of the molecule is NC(=O)[C@H](CCCN=C(N)N)NC(=O)[C@H](Cc1ccc(-c2ccccc2)cc1)NC(=O)[C@H](CCCN=C(N)N)NC(=O)[C@@H](N)Cc1ccc(-c2ccccc2)cc1. The Morgan fingerprint density at radius 3 is 1.32 bits per heavy atom. The van der Waals surface area contributed by atoms with Gasteiger partial charge in [-0.2, -0.15) is 0 Å². The second-order valence-corrected chi connectivity index (χ2v) is 13.6. The maximum atomic E-state index is 14.0. The van der Waals surface area contributed by atoms with Gasteiger partial charge >= 0.3 is 0 Å². The Morgan fingerprint density at radius 1 is 0.474 bits per heavy atom. The highest BCUT2D eigenvalue weighted by Gasteiger charge is 2.30. The minimum atomic E-state index is -1.17.